The zero-order valence-electron chi connectivity index (χ0n) is 18.0. The van der Waals surface area contributed by atoms with Gasteiger partial charge in [-0.25, -0.2) is 5.48 Å². The van der Waals surface area contributed by atoms with Gasteiger partial charge in [-0.15, -0.1) is 0 Å². The van der Waals surface area contributed by atoms with Crippen LogP contribution in [0.25, 0.3) is 0 Å². The van der Waals surface area contributed by atoms with Gasteiger partial charge in [0, 0.05) is 19.4 Å². The summed E-state index contributed by atoms with van der Waals surface area (Å²) in [6.07, 6.45) is 0.747. The molecular formula is C24H27N3O5. The highest BCUT2D eigenvalue weighted by Crippen LogP contribution is 2.19. The molecule has 3 rings (SSSR count). The van der Waals surface area contributed by atoms with Gasteiger partial charge in [0.25, 0.3) is 0 Å². The first-order valence-electron chi connectivity index (χ1n) is 10.6. The lowest BCUT2D eigenvalue weighted by Crippen LogP contribution is -2.54. The lowest BCUT2D eigenvalue weighted by Gasteiger charge is -2.32. The van der Waals surface area contributed by atoms with Crippen LogP contribution >= 0.6 is 0 Å². The van der Waals surface area contributed by atoms with Gasteiger partial charge in [0.05, 0.1) is 6.61 Å². The molecular weight excluding hydrogens is 410 g/mol. The van der Waals surface area contributed by atoms with Gasteiger partial charge in [-0.1, -0.05) is 60.7 Å². The van der Waals surface area contributed by atoms with Crippen molar-refractivity contribution in [3.05, 3.63) is 71.8 Å². The maximum Gasteiger partial charge on any atom is 0.313 e. The second-order valence-corrected chi connectivity index (χ2v) is 7.54. The van der Waals surface area contributed by atoms with E-state index in [2.05, 4.69) is 10.8 Å². The van der Waals surface area contributed by atoms with Gasteiger partial charge in [0.1, 0.15) is 12.1 Å². The summed E-state index contributed by atoms with van der Waals surface area (Å²) in [7, 11) is 0. The van der Waals surface area contributed by atoms with E-state index in [0.717, 1.165) is 11.1 Å². The van der Waals surface area contributed by atoms with Crippen molar-refractivity contribution in [3.63, 3.8) is 0 Å². The van der Waals surface area contributed by atoms with Crippen LogP contribution in [0, 0.1) is 0 Å². The van der Waals surface area contributed by atoms with Crippen LogP contribution in [0.1, 0.15) is 30.9 Å². The Balaban J connectivity index is 1.95. The monoisotopic (exact) mass is 437 g/mol. The van der Waals surface area contributed by atoms with E-state index in [9.17, 15) is 19.2 Å². The number of carbonyl (C=O) groups excluding carboxylic acids is 4. The summed E-state index contributed by atoms with van der Waals surface area (Å²) >= 11 is 0. The Morgan fingerprint density at radius 1 is 1.06 bits per heavy atom. The number of hydrogen-bond donors (Lipinski definition) is 2. The zero-order chi connectivity index (χ0) is 22.9. The van der Waals surface area contributed by atoms with E-state index < -0.39 is 29.7 Å². The summed E-state index contributed by atoms with van der Waals surface area (Å²) in [6, 6.07) is 16.6. The summed E-state index contributed by atoms with van der Waals surface area (Å²) in [5, 5.41) is 2.67. The van der Waals surface area contributed by atoms with Crippen LogP contribution < -0.4 is 10.8 Å². The van der Waals surface area contributed by atoms with Crippen LogP contribution in [0.4, 0.5) is 0 Å². The average Bonchev–Trinajstić information content (AvgIpc) is 3.26. The molecule has 32 heavy (non-hydrogen) atoms. The molecule has 1 heterocycles. The SMILES string of the molecule is CCONC(=O)C(=O)C(Cc1ccccc1)N(Cc1ccccc1)C(=O)[C@H]1CCC(=O)N1. The Bertz CT molecular complexity index is 949. The van der Waals surface area contributed by atoms with Gasteiger partial charge >= 0.3 is 5.91 Å². The van der Waals surface area contributed by atoms with Crippen LogP contribution in [0.15, 0.2) is 60.7 Å². The third kappa shape index (κ3) is 6.01. The summed E-state index contributed by atoms with van der Waals surface area (Å²) in [5.41, 5.74) is 3.75. The number of nitrogens with one attached hydrogen (secondary N) is 2. The normalized spacial score (nSPS) is 16.2. The number of hydrogen-bond acceptors (Lipinski definition) is 5. The Morgan fingerprint density at radius 3 is 2.25 bits per heavy atom. The topological polar surface area (TPSA) is 105 Å². The fraction of sp³-hybridized carbons (Fsp3) is 0.333. The first-order chi connectivity index (χ1) is 15.5. The van der Waals surface area contributed by atoms with Crippen LogP contribution in [0.3, 0.4) is 0 Å². The third-order valence-corrected chi connectivity index (χ3v) is 5.26. The molecule has 2 atom stereocenters. The smallest absolute Gasteiger partial charge is 0.313 e. The van der Waals surface area contributed by atoms with Crippen molar-refractivity contribution in [3.8, 4) is 0 Å². The molecule has 1 fully saturated rings. The highest BCUT2D eigenvalue weighted by atomic mass is 16.6. The van der Waals surface area contributed by atoms with Crippen molar-refractivity contribution in [2.45, 2.75) is 44.8 Å². The number of carbonyl (C=O) groups is 4. The van der Waals surface area contributed by atoms with Crippen molar-refractivity contribution < 1.29 is 24.0 Å². The van der Waals surface area contributed by atoms with E-state index in [4.69, 9.17) is 4.84 Å². The van der Waals surface area contributed by atoms with E-state index in [1.807, 2.05) is 60.7 Å². The van der Waals surface area contributed by atoms with Gasteiger partial charge in [-0.3, -0.25) is 24.0 Å². The molecule has 8 heteroatoms. The molecule has 2 aromatic rings. The molecule has 0 aliphatic carbocycles. The van der Waals surface area contributed by atoms with Crippen molar-refractivity contribution >= 4 is 23.5 Å². The van der Waals surface area contributed by atoms with Crippen LogP contribution in [-0.2, 0) is 37.0 Å². The van der Waals surface area contributed by atoms with Crippen molar-refractivity contribution in [2.75, 3.05) is 6.61 Å². The Kier molecular flexibility index (Phi) is 8.10. The molecule has 0 aromatic heterocycles. The van der Waals surface area contributed by atoms with Gasteiger partial charge in [0.15, 0.2) is 0 Å². The number of hydroxylamine groups is 1. The van der Waals surface area contributed by atoms with Gasteiger partial charge in [-0.05, 0) is 24.5 Å². The highest BCUT2D eigenvalue weighted by molar-refractivity contribution is 6.38. The minimum atomic E-state index is -1.07. The summed E-state index contributed by atoms with van der Waals surface area (Å²) in [5.74, 6) is -2.30. The molecule has 1 aliphatic heterocycles. The minimum absolute atomic E-state index is 0.122. The molecule has 168 valence electrons. The van der Waals surface area contributed by atoms with Crippen LogP contribution in [0.2, 0.25) is 0 Å². The van der Waals surface area contributed by atoms with Gasteiger partial charge in [-0.2, -0.15) is 0 Å². The molecule has 1 saturated heterocycles. The fourth-order valence-corrected chi connectivity index (χ4v) is 3.64. The first-order valence-corrected chi connectivity index (χ1v) is 10.6. The maximum atomic E-state index is 13.5. The molecule has 0 radical (unpaired) electrons. The van der Waals surface area contributed by atoms with Gasteiger partial charge in [0.2, 0.25) is 17.6 Å². The first kappa shape index (κ1) is 23.1. The Hall–Kier alpha value is -3.52. The Morgan fingerprint density at radius 2 is 1.69 bits per heavy atom. The number of ketones is 1. The largest absolute Gasteiger partial charge is 0.344 e. The van der Waals surface area contributed by atoms with Crippen LogP contribution in [-0.4, -0.2) is 47.1 Å². The molecule has 0 saturated carbocycles. The molecule has 0 bridgehead atoms. The number of amides is 3. The number of Topliss-reactive ketones (excluding diaryl/α,β-unsaturated/α-hetero) is 1. The Labute approximate surface area is 186 Å². The van der Waals surface area contributed by atoms with E-state index in [1.165, 1.54) is 4.90 Å². The number of rotatable bonds is 10. The van der Waals surface area contributed by atoms with E-state index >= 15 is 0 Å². The lowest BCUT2D eigenvalue weighted by molar-refractivity contribution is -0.151. The molecule has 0 spiro atoms. The predicted molar refractivity (Wildman–Crippen MR) is 117 cm³/mol. The quantitative estimate of drug-likeness (QED) is 0.433. The summed E-state index contributed by atoms with van der Waals surface area (Å²) in [6.45, 7) is 2.00. The van der Waals surface area contributed by atoms with E-state index in [0.29, 0.717) is 6.42 Å². The molecule has 1 aliphatic rings. The molecule has 3 amide bonds. The van der Waals surface area contributed by atoms with Crippen molar-refractivity contribution in [2.24, 2.45) is 0 Å². The maximum absolute atomic E-state index is 13.5. The van der Waals surface area contributed by atoms with E-state index in [-0.39, 0.29) is 31.9 Å². The van der Waals surface area contributed by atoms with Gasteiger partial charge < -0.3 is 10.2 Å². The highest BCUT2D eigenvalue weighted by Gasteiger charge is 2.38. The standard InChI is InChI=1S/C24H27N3O5/c1-2-32-26-23(30)22(29)20(15-17-9-5-3-6-10-17)27(16-18-11-7-4-8-12-18)24(31)19-13-14-21(28)25-19/h3-12,19-20H,2,13-16H2,1H3,(H,25,28)(H,26,30)/t19-,20?/m1/s1. The predicted octanol–water partition coefficient (Wildman–Crippen LogP) is 1.54. The number of nitrogens with zero attached hydrogens (tertiary/aromatic N) is 1. The molecule has 2 N–H and O–H groups in total. The second kappa shape index (κ2) is 11.2. The molecule has 2 aromatic carbocycles. The zero-order valence-corrected chi connectivity index (χ0v) is 18.0. The third-order valence-electron chi connectivity index (χ3n) is 5.26. The lowest BCUT2D eigenvalue weighted by atomic mass is 9.98. The van der Waals surface area contributed by atoms with Crippen molar-refractivity contribution in [1.82, 2.24) is 15.7 Å². The number of benzene rings is 2. The summed E-state index contributed by atoms with van der Waals surface area (Å²) in [4.78, 5) is 57.2. The second-order valence-electron chi connectivity index (χ2n) is 7.54. The minimum Gasteiger partial charge on any atom is -0.344 e. The average molecular weight is 437 g/mol. The molecule has 8 nitrogen and oxygen atoms in total. The van der Waals surface area contributed by atoms with E-state index in [1.54, 1.807) is 6.92 Å². The van der Waals surface area contributed by atoms with Crippen molar-refractivity contribution in [1.29, 1.82) is 0 Å². The summed E-state index contributed by atoms with van der Waals surface area (Å²) < 4.78 is 0. The van der Waals surface area contributed by atoms with Crippen LogP contribution in [0.5, 0.6) is 0 Å². The molecule has 1 unspecified atom stereocenters. The fourth-order valence-electron chi connectivity index (χ4n) is 3.64.